The van der Waals surface area contributed by atoms with Crippen molar-refractivity contribution in [2.75, 3.05) is 36.5 Å². The molecule has 96 valence electrons. The molecule has 1 N–H and O–H groups in total. The highest BCUT2D eigenvalue weighted by Crippen LogP contribution is 2.37. The summed E-state index contributed by atoms with van der Waals surface area (Å²) in [5, 5.41) is 3.33. The lowest BCUT2D eigenvalue weighted by atomic mass is 10.1. The van der Waals surface area contributed by atoms with Gasteiger partial charge >= 0.3 is 0 Å². The predicted octanol–water partition coefficient (Wildman–Crippen LogP) is 1.59. The highest BCUT2D eigenvalue weighted by Gasteiger charge is 2.34. The number of benzene rings is 1. The van der Waals surface area contributed by atoms with Gasteiger partial charge in [0.2, 0.25) is 5.91 Å². The minimum absolute atomic E-state index is 0.191. The van der Waals surface area contributed by atoms with Gasteiger partial charge in [0, 0.05) is 18.1 Å². The highest BCUT2D eigenvalue weighted by molar-refractivity contribution is 9.10. The monoisotopic (exact) mass is 309 g/mol. The normalized spacial score (nSPS) is 23.4. The van der Waals surface area contributed by atoms with Gasteiger partial charge in [-0.15, -0.1) is 0 Å². The minimum atomic E-state index is 0.191. The molecule has 1 unspecified atom stereocenters. The first-order chi connectivity index (χ1) is 8.66. The van der Waals surface area contributed by atoms with Crippen molar-refractivity contribution in [2.24, 2.45) is 0 Å². The molecule has 18 heavy (non-hydrogen) atoms. The number of fused-ring (bicyclic) bond motifs is 1. The van der Waals surface area contributed by atoms with E-state index in [-0.39, 0.29) is 5.91 Å². The molecule has 2 aliphatic heterocycles. The summed E-state index contributed by atoms with van der Waals surface area (Å²) in [6.45, 7) is 2.35. The Morgan fingerprint density at radius 1 is 1.39 bits per heavy atom. The summed E-state index contributed by atoms with van der Waals surface area (Å²) in [4.78, 5) is 16.3. The maximum absolute atomic E-state index is 12.3. The summed E-state index contributed by atoms with van der Waals surface area (Å²) >= 11 is 3.49. The summed E-state index contributed by atoms with van der Waals surface area (Å²) in [5.74, 6) is 0.191. The molecular weight excluding hydrogens is 294 g/mol. The number of carbonyl (C=O) groups excluding carboxylic acids is 1. The maximum atomic E-state index is 12.3. The molecule has 1 saturated heterocycles. The molecular formula is C13H16BrN3O. The molecule has 1 aromatic rings. The molecule has 0 aromatic heterocycles. The first kappa shape index (κ1) is 12.0. The van der Waals surface area contributed by atoms with Gasteiger partial charge < -0.3 is 15.1 Å². The van der Waals surface area contributed by atoms with Crippen molar-refractivity contribution in [3.05, 3.63) is 22.7 Å². The van der Waals surface area contributed by atoms with Gasteiger partial charge in [0.15, 0.2) is 0 Å². The van der Waals surface area contributed by atoms with Crippen LogP contribution in [-0.4, -0.2) is 38.6 Å². The topological polar surface area (TPSA) is 35.6 Å². The summed E-state index contributed by atoms with van der Waals surface area (Å²) in [7, 11) is 1.97. The number of hydrogen-bond acceptors (Lipinski definition) is 3. The highest BCUT2D eigenvalue weighted by atomic mass is 79.9. The molecule has 4 nitrogen and oxygen atoms in total. The molecule has 3 rings (SSSR count). The Morgan fingerprint density at radius 3 is 2.94 bits per heavy atom. The number of nitrogens with one attached hydrogen (secondary N) is 1. The van der Waals surface area contributed by atoms with E-state index in [1.165, 1.54) is 0 Å². The third-order valence-corrected chi connectivity index (χ3v) is 4.14. The summed E-state index contributed by atoms with van der Waals surface area (Å²) in [6.07, 6.45) is 1.03. The number of likely N-dealkylation sites (N-methyl/N-ethyl adjacent to an activating group) is 1. The fraction of sp³-hybridized carbons (Fsp3) is 0.462. The standard InChI is InChI=1S/C13H16BrN3O/c1-16-8-13(18)17(10-4-5-15-7-10)12-6-9(14)2-3-11(12)16/h2-3,6,10,15H,4-5,7-8H2,1H3. The van der Waals surface area contributed by atoms with E-state index in [0.29, 0.717) is 12.6 Å². The van der Waals surface area contributed by atoms with Crippen molar-refractivity contribution in [3.8, 4) is 0 Å². The van der Waals surface area contributed by atoms with Crippen molar-refractivity contribution in [1.29, 1.82) is 0 Å². The van der Waals surface area contributed by atoms with Crippen molar-refractivity contribution >= 4 is 33.2 Å². The van der Waals surface area contributed by atoms with Crippen LogP contribution >= 0.6 is 15.9 Å². The van der Waals surface area contributed by atoms with Crippen molar-refractivity contribution in [3.63, 3.8) is 0 Å². The number of nitrogens with zero attached hydrogens (tertiary/aromatic N) is 2. The van der Waals surface area contributed by atoms with Gasteiger partial charge in [-0.3, -0.25) is 4.79 Å². The van der Waals surface area contributed by atoms with E-state index in [0.717, 1.165) is 35.4 Å². The third-order valence-electron chi connectivity index (χ3n) is 3.65. The van der Waals surface area contributed by atoms with Crippen LogP contribution in [0, 0.1) is 0 Å². The molecule has 5 heteroatoms. The van der Waals surface area contributed by atoms with Gasteiger partial charge in [-0.25, -0.2) is 0 Å². The Kier molecular flexibility index (Phi) is 3.03. The minimum Gasteiger partial charge on any atom is -0.364 e. The van der Waals surface area contributed by atoms with Crippen LogP contribution in [0.15, 0.2) is 22.7 Å². The van der Waals surface area contributed by atoms with E-state index in [1.807, 2.05) is 29.0 Å². The van der Waals surface area contributed by atoms with E-state index in [2.05, 4.69) is 27.3 Å². The van der Waals surface area contributed by atoms with Gasteiger partial charge in [-0.05, 0) is 31.2 Å². The molecule has 2 heterocycles. The van der Waals surface area contributed by atoms with E-state index in [1.54, 1.807) is 0 Å². The van der Waals surface area contributed by atoms with Crippen molar-refractivity contribution in [2.45, 2.75) is 12.5 Å². The number of carbonyl (C=O) groups is 1. The van der Waals surface area contributed by atoms with E-state index in [4.69, 9.17) is 0 Å². The van der Waals surface area contributed by atoms with Crippen LogP contribution in [0.3, 0.4) is 0 Å². The second kappa shape index (κ2) is 4.55. The SMILES string of the molecule is CN1CC(=O)N(C2CCNC2)c2cc(Br)ccc21. The van der Waals surface area contributed by atoms with Crippen LogP contribution < -0.4 is 15.1 Å². The number of halogens is 1. The molecule has 0 spiro atoms. The largest absolute Gasteiger partial charge is 0.364 e. The van der Waals surface area contributed by atoms with Gasteiger partial charge in [-0.1, -0.05) is 15.9 Å². The second-order valence-electron chi connectivity index (χ2n) is 4.90. The molecule has 0 aliphatic carbocycles. The smallest absolute Gasteiger partial charge is 0.246 e. The zero-order chi connectivity index (χ0) is 12.7. The number of rotatable bonds is 1. The van der Waals surface area contributed by atoms with E-state index in [9.17, 15) is 4.79 Å². The molecule has 1 fully saturated rings. The lowest BCUT2D eigenvalue weighted by Gasteiger charge is -2.38. The Bertz CT molecular complexity index is 485. The number of hydrogen-bond donors (Lipinski definition) is 1. The summed E-state index contributed by atoms with van der Waals surface area (Å²) in [6, 6.07) is 6.43. The molecule has 0 saturated carbocycles. The molecule has 0 radical (unpaired) electrons. The average Bonchev–Trinajstić information content (AvgIpc) is 2.82. The zero-order valence-electron chi connectivity index (χ0n) is 10.3. The van der Waals surface area contributed by atoms with Crippen LogP contribution in [-0.2, 0) is 4.79 Å². The van der Waals surface area contributed by atoms with E-state index < -0.39 is 0 Å². The number of anilines is 2. The first-order valence-electron chi connectivity index (χ1n) is 6.20. The van der Waals surface area contributed by atoms with Crippen LogP contribution in [0.4, 0.5) is 11.4 Å². The molecule has 1 amide bonds. The predicted molar refractivity (Wildman–Crippen MR) is 76.2 cm³/mol. The molecule has 1 aromatic carbocycles. The quantitative estimate of drug-likeness (QED) is 0.856. The van der Waals surface area contributed by atoms with Crippen LogP contribution in [0.5, 0.6) is 0 Å². The molecule has 1 atom stereocenters. The lowest BCUT2D eigenvalue weighted by molar-refractivity contribution is -0.117. The summed E-state index contributed by atoms with van der Waals surface area (Å²) in [5.41, 5.74) is 2.15. The fourth-order valence-electron chi connectivity index (χ4n) is 2.77. The van der Waals surface area contributed by atoms with Crippen LogP contribution in [0.25, 0.3) is 0 Å². The van der Waals surface area contributed by atoms with Gasteiger partial charge in [0.25, 0.3) is 0 Å². The Hall–Kier alpha value is -1.07. The Balaban J connectivity index is 2.06. The van der Waals surface area contributed by atoms with Crippen LogP contribution in [0.1, 0.15) is 6.42 Å². The van der Waals surface area contributed by atoms with Crippen molar-refractivity contribution in [1.82, 2.24) is 5.32 Å². The maximum Gasteiger partial charge on any atom is 0.246 e. The van der Waals surface area contributed by atoms with Gasteiger partial charge in [-0.2, -0.15) is 0 Å². The first-order valence-corrected chi connectivity index (χ1v) is 6.99. The van der Waals surface area contributed by atoms with Crippen molar-refractivity contribution < 1.29 is 4.79 Å². The Morgan fingerprint density at radius 2 is 2.22 bits per heavy atom. The van der Waals surface area contributed by atoms with Gasteiger partial charge in [0.05, 0.1) is 24.0 Å². The fourth-order valence-corrected chi connectivity index (χ4v) is 3.12. The Labute approximate surface area is 115 Å². The summed E-state index contributed by atoms with van der Waals surface area (Å²) < 4.78 is 1.01. The third kappa shape index (κ3) is 1.91. The average molecular weight is 310 g/mol. The molecule has 2 aliphatic rings. The van der Waals surface area contributed by atoms with Gasteiger partial charge in [0.1, 0.15) is 0 Å². The lowest BCUT2D eigenvalue weighted by Crippen LogP contribution is -2.50. The van der Waals surface area contributed by atoms with E-state index >= 15 is 0 Å². The van der Waals surface area contributed by atoms with Crippen LogP contribution in [0.2, 0.25) is 0 Å². The number of amides is 1. The second-order valence-corrected chi connectivity index (χ2v) is 5.82. The zero-order valence-corrected chi connectivity index (χ0v) is 11.9. The molecule has 0 bridgehead atoms.